The molecule has 0 spiro atoms. The largest absolute Gasteiger partial charge is 0.463 e. The second-order valence-electron chi connectivity index (χ2n) is 5.30. The van der Waals surface area contributed by atoms with Crippen LogP contribution in [0, 0.1) is 0 Å². The number of hydrogen-bond donors (Lipinski definition) is 0. The van der Waals surface area contributed by atoms with Gasteiger partial charge >= 0.3 is 23.9 Å². The molecule has 0 aromatic carbocycles. The fourth-order valence-corrected chi connectivity index (χ4v) is 2.33. The summed E-state index contributed by atoms with van der Waals surface area (Å²) in [5.41, 5.74) is 8.78. The number of carbonyl (C=O) groups is 4. The number of hydrogen-bond acceptors (Lipinski definition) is 10. The fraction of sp³-hybridized carbons (Fsp3) is 0.714. The van der Waals surface area contributed by atoms with Crippen molar-refractivity contribution in [3.8, 4) is 0 Å². The van der Waals surface area contributed by atoms with Gasteiger partial charge in [0.2, 0.25) is 6.29 Å². The van der Waals surface area contributed by atoms with E-state index in [1.807, 2.05) is 0 Å². The Hall–Kier alpha value is -2.85. The average molecular weight is 373 g/mol. The highest BCUT2D eigenvalue weighted by Crippen LogP contribution is 2.29. The Balaban J connectivity index is 3.28. The van der Waals surface area contributed by atoms with Gasteiger partial charge in [0.05, 0.1) is 0 Å². The molecule has 1 fully saturated rings. The van der Waals surface area contributed by atoms with Crippen molar-refractivity contribution in [2.24, 2.45) is 5.11 Å². The van der Waals surface area contributed by atoms with Gasteiger partial charge in [-0.3, -0.25) is 19.2 Å². The maximum absolute atomic E-state index is 11.5. The highest BCUT2D eigenvalue weighted by atomic mass is 16.7. The second kappa shape index (κ2) is 9.59. The summed E-state index contributed by atoms with van der Waals surface area (Å²) in [4.78, 5) is 47.9. The molecule has 0 saturated carbocycles. The molecule has 0 amide bonds. The van der Waals surface area contributed by atoms with Gasteiger partial charge in [-0.05, 0) is 5.53 Å². The van der Waals surface area contributed by atoms with Gasteiger partial charge < -0.3 is 23.7 Å². The van der Waals surface area contributed by atoms with Gasteiger partial charge in [0.1, 0.15) is 18.8 Å². The molecule has 12 nitrogen and oxygen atoms in total. The summed E-state index contributed by atoms with van der Waals surface area (Å²) in [6.45, 7) is 4.06. The molecule has 1 aliphatic rings. The molecular formula is C14H19N3O9. The van der Waals surface area contributed by atoms with E-state index in [9.17, 15) is 19.2 Å². The highest BCUT2D eigenvalue weighted by molar-refractivity contribution is 5.68. The lowest BCUT2D eigenvalue weighted by Crippen LogP contribution is -2.61. The molecule has 1 saturated heterocycles. The van der Waals surface area contributed by atoms with Crippen LogP contribution in [0.15, 0.2) is 5.11 Å². The molecule has 0 aromatic heterocycles. The van der Waals surface area contributed by atoms with Crippen LogP contribution in [0.3, 0.4) is 0 Å². The van der Waals surface area contributed by atoms with Gasteiger partial charge in [-0.15, -0.1) is 0 Å². The van der Waals surface area contributed by atoms with Crippen LogP contribution in [0.5, 0.6) is 0 Å². The third-order valence-corrected chi connectivity index (χ3v) is 3.14. The zero-order chi connectivity index (χ0) is 19.9. The Labute approximate surface area is 148 Å². The van der Waals surface area contributed by atoms with Crippen LogP contribution < -0.4 is 0 Å². The normalized spacial score (nSPS) is 27.5. The molecule has 0 N–H and O–H groups in total. The maximum Gasteiger partial charge on any atom is 0.304 e. The highest BCUT2D eigenvalue weighted by Gasteiger charge is 2.51. The van der Waals surface area contributed by atoms with Crippen LogP contribution in [-0.4, -0.2) is 61.1 Å². The van der Waals surface area contributed by atoms with E-state index in [0.29, 0.717) is 0 Å². The topological polar surface area (TPSA) is 163 Å². The molecule has 0 aromatic rings. The number of nitrogens with zero attached hydrogens (tertiary/aromatic N) is 3. The Morgan fingerprint density at radius 2 is 1.46 bits per heavy atom. The lowest BCUT2D eigenvalue weighted by atomic mass is 9.97. The van der Waals surface area contributed by atoms with Crippen molar-refractivity contribution in [2.75, 3.05) is 6.61 Å². The first-order valence-corrected chi connectivity index (χ1v) is 7.50. The summed E-state index contributed by atoms with van der Waals surface area (Å²) in [6, 6.07) is -1.33. The number of rotatable bonds is 6. The molecule has 1 rings (SSSR count). The number of carbonyl (C=O) groups excluding carboxylic acids is 4. The Bertz CT molecular complexity index is 617. The monoisotopic (exact) mass is 373 g/mol. The molecule has 0 unspecified atom stereocenters. The third kappa shape index (κ3) is 6.22. The van der Waals surface area contributed by atoms with Crippen molar-refractivity contribution in [3.05, 3.63) is 10.4 Å². The van der Waals surface area contributed by atoms with Crippen molar-refractivity contribution in [1.29, 1.82) is 0 Å². The van der Waals surface area contributed by atoms with Crippen molar-refractivity contribution in [2.45, 2.75) is 58.3 Å². The quantitative estimate of drug-likeness (QED) is 0.210. The van der Waals surface area contributed by atoms with E-state index in [1.165, 1.54) is 0 Å². The summed E-state index contributed by atoms with van der Waals surface area (Å²) >= 11 is 0. The van der Waals surface area contributed by atoms with Gasteiger partial charge in [0.25, 0.3) is 0 Å². The molecule has 0 radical (unpaired) electrons. The number of azide groups is 1. The lowest BCUT2D eigenvalue weighted by molar-refractivity contribution is -0.267. The van der Waals surface area contributed by atoms with E-state index < -0.39 is 54.5 Å². The molecule has 1 aliphatic heterocycles. The Morgan fingerprint density at radius 1 is 0.923 bits per heavy atom. The zero-order valence-corrected chi connectivity index (χ0v) is 14.6. The molecular weight excluding hydrogens is 354 g/mol. The molecule has 12 heteroatoms. The standard InChI is InChI=1S/C14H19N3O9/c1-6(18)22-5-10-12(23-7(2)19)13(24-8(3)20)11(16-17-15)14(26-10)25-9(4)21/h10-14H,5H2,1-4H3/t10-,11+,12-,13-,14-/m0/s1. The zero-order valence-electron chi connectivity index (χ0n) is 14.6. The van der Waals surface area contributed by atoms with Crippen molar-refractivity contribution in [1.82, 2.24) is 0 Å². The minimum Gasteiger partial charge on any atom is -0.463 e. The predicted octanol–water partition coefficient (Wildman–Crippen LogP) is 0.380. The number of ether oxygens (including phenoxy) is 5. The number of esters is 4. The lowest BCUT2D eigenvalue weighted by Gasteiger charge is -2.42. The Morgan fingerprint density at radius 3 is 1.92 bits per heavy atom. The minimum absolute atomic E-state index is 0.383. The molecule has 0 bridgehead atoms. The second-order valence-corrected chi connectivity index (χ2v) is 5.30. The molecule has 0 aliphatic carbocycles. The van der Waals surface area contributed by atoms with Gasteiger partial charge in [-0.2, -0.15) is 0 Å². The smallest absolute Gasteiger partial charge is 0.304 e. The van der Waals surface area contributed by atoms with Gasteiger partial charge in [0, 0.05) is 32.6 Å². The summed E-state index contributed by atoms with van der Waals surface area (Å²) < 4.78 is 25.5. The van der Waals surface area contributed by atoms with Crippen molar-refractivity contribution in [3.63, 3.8) is 0 Å². The molecule has 5 atom stereocenters. The summed E-state index contributed by atoms with van der Waals surface area (Å²) in [6.07, 6.45) is -5.18. The van der Waals surface area contributed by atoms with E-state index in [-0.39, 0.29) is 6.61 Å². The van der Waals surface area contributed by atoms with E-state index >= 15 is 0 Å². The average Bonchev–Trinajstić information content (AvgIpc) is 2.49. The summed E-state index contributed by atoms with van der Waals surface area (Å²) in [7, 11) is 0. The van der Waals surface area contributed by atoms with Crippen molar-refractivity contribution >= 4 is 23.9 Å². The predicted molar refractivity (Wildman–Crippen MR) is 81.1 cm³/mol. The summed E-state index contributed by atoms with van der Waals surface area (Å²) in [5, 5.41) is 3.44. The minimum atomic E-state index is -1.44. The van der Waals surface area contributed by atoms with E-state index in [0.717, 1.165) is 27.7 Å². The van der Waals surface area contributed by atoms with Gasteiger partial charge in [0.15, 0.2) is 12.2 Å². The van der Waals surface area contributed by atoms with Gasteiger partial charge in [-0.25, -0.2) is 0 Å². The first-order chi connectivity index (χ1) is 12.1. The fourth-order valence-electron chi connectivity index (χ4n) is 2.33. The van der Waals surface area contributed by atoms with Crippen LogP contribution in [-0.2, 0) is 42.9 Å². The molecule has 144 valence electrons. The summed E-state index contributed by atoms with van der Waals surface area (Å²) in [5.74, 6) is -2.90. The Kier molecular flexibility index (Phi) is 7.81. The van der Waals surface area contributed by atoms with Crippen LogP contribution >= 0.6 is 0 Å². The van der Waals surface area contributed by atoms with E-state index in [4.69, 9.17) is 29.2 Å². The SMILES string of the molecule is CC(=O)OC[C@@H]1O[C@H](OC(C)=O)[C@H](N=[N+]=[N-])[C@H](OC(C)=O)[C@H]1OC(C)=O. The van der Waals surface area contributed by atoms with Crippen LogP contribution in [0.2, 0.25) is 0 Å². The van der Waals surface area contributed by atoms with Gasteiger partial charge in [-0.1, -0.05) is 5.11 Å². The van der Waals surface area contributed by atoms with E-state index in [1.54, 1.807) is 0 Å². The molecule has 26 heavy (non-hydrogen) atoms. The van der Waals surface area contributed by atoms with Crippen LogP contribution in [0.25, 0.3) is 10.4 Å². The van der Waals surface area contributed by atoms with Crippen LogP contribution in [0.1, 0.15) is 27.7 Å². The first kappa shape index (κ1) is 21.2. The van der Waals surface area contributed by atoms with Crippen molar-refractivity contribution < 1.29 is 42.9 Å². The molecule has 1 heterocycles. The first-order valence-electron chi connectivity index (χ1n) is 7.50. The maximum atomic E-state index is 11.5. The van der Waals surface area contributed by atoms with E-state index in [2.05, 4.69) is 10.0 Å². The van der Waals surface area contributed by atoms with Crippen LogP contribution in [0.4, 0.5) is 0 Å². The third-order valence-electron chi connectivity index (χ3n) is 3.14.